The summed E-state index contributed by atoms with van der Waals surface area (Å²) >= 11 is 0. The molecule has 5 rings (SSSR count). The van der Waals surface area contributed by atoms with Gasteiger partial charge < -0.3 is 52.2 Å². The molecular formula is C14H56N14Si11. The molecule has 0 aliphatic carbocycles. The number of rotatable bonds is 3. The second-order valence-electron chi connectivity index (χ2n) is 14.5. The Morgan fingerprint density at radius 2 is 1.03 bits per heavy atom. The molecule has 0 aromatic carbocycles. The van der Waals surface area contributed by atoms with Gasteiger partial charge in [-0.05, 0) is 66.0 Å². The first-order valence-electron chi connectivity index (χ1n) is 14.3. The van der Waals surface area contributed by atoms with Crippen LogP contribution in [0.4, 0.5) is 0 Å². The Kier molecular flexibility index (Phi) is 7.23. The fourth-order valence-electron chi connectivity index (χ4n) is 10.7. The molecule has 9 unspecified atom stereocenters. The van der Waals surface area contributed by atoms with Gasteiger partial charge in [0.1, 0.15) is 0 Å². The molecule has 5 aliphatic rings. The zero-order chi connectivity index (χ0) is 29.8. The molecule has 0 spiro atoms. The van der Waals surface area contributed by atoms with Crippen LogP contribution in [0.25, 0.3) is 0 Å². The number of nitrogens with two attached hydrogens (primary N) is 3. The van der Waals surface area contributed by atoms with Gasteiger partial charge in [0.05, 0.1) is 17.9 Å². The second kappa shape index (κ2) is 8.75. The molecule has 0 amide bonds. The zero-order valence-corrected chi connectivity index (χ0v) is 37.9. The maximum Gasteiger partial charge on any atom is 0.265 e. The van der Waals surface area contributed by atoms with Gasteiger partial charge in [0, 0.05) is 0 Å². The lowest BCUT2D eigenvalue weighted by atomic mass is 11.6. The quantitative estimate of drug-likeness (QED) is 0.133. The molecule has 0 aromatic heterocycles. The van der Waals surface area contributed by atoms with Crippen molar-refractivity contribution in [1.82, 2.24) is 47.7 Å². The third kappa shape index (κ3) is 3.90. The number of nitrogens with zero attached hydrogens (tertiary/aromatic N) is 5. The van der Waals surface area contributed by atoms with E-state index < -0.39 is 94.9 Å². The highest BCUT2D eigenvalue weighted by Gasteiger charge is 2.87. The highest BCUT2D eigenvalue weighted by atomic mass is 28.6. The van der Waals surface area contributed by atoms with Crippen LogP contribution in [0, 0.1) is 0 Å². The van der Waals surface area contributed by atoms with Crippen molar-refractivity contribution in [3.05, 3.63) is 0 Å². The predicted molar refractivity (Wildman–Crippen MR) is 189 cm³/mol. The Labute approximate surface area is 249 Å². The van der Waals surface area contributed by atoms with Crippen LogP contribution in [0.5, 0.6) is 0 Å². The number of nitrogens with one attached hydrogen (secondary N) is 6. The maximum absolute atomic E-state index is 7.98. The zero-order valence-electron chi connectivity index (χ0n) is 26.6. The summed E-state index contributed by atoms with van der Waals surface area (Å²) in [5.41, 5.74) is 0. The second-order valence-corrected chi connectivity index (χ2v) is 57.7. The molecule has 5 heterocycles. The molecule has 226 valence electrons. The summed E-state index contributed by atoms with van der Waals surface area (Å²) < 4.78 is 36.5. The van der Waals surface area contributed by atoms with E-state index in [9.17, 15) is 0 Å². The Bertz CT molecular complexity index is 1070. The molecule has 5 fully saturated rings. The van der Waals surface area contributed by atoms with Crippen LogP contribution in [0.2, 0.25) is 85.1 Å². The van der Waals surface area contributed by atoms with Crippen LogP contribution in [-0.2, 0) is 0 Å². The predicted octanol–water partition coefficient (Wildman–Crippen LogP) is -3.31. The van der Waals surface area contributed by atoms with E-state index in [0.29, 0.717) is 0 Å². The normalized spacial score (nSPS) is 57.3. The van der Waals surface area contributed by atoms with Crippen molar-refractivity contribution in [1.29, 1.82) is 0 Å². The van der Waals surface area contributed by atoms with Gasteiger partial charge in [0.25, 0.3) is 77.0 Å². The van der Waals surface area contributed by atoms with Crippen molar-refractivity contribution in [2.24, 2.45) is 16.2 Å². The molecule has 0 radical (unpaired) electrons. The highest BCUT2D eigenvalue weighted by molar-refractivity contribution is 7.31. The third-order valence-corrected chi connectivity index (χ3v) is 85.6. The SMILES string of the molecule is CN[Si]1(C)N[Si]2(C)N[Si]3(C)N[Si](C)(N)N[Si]4(C)N[Si](C)(N)N5[Si](C)(N)N([SiH](C)C)[Si](C)(N1[SiH](C)C)N2[Si]5(C)N43. The summed E-state index contributed by atoms with van der Waals surface area (Å²) in [7, 11) is -22.9. The minimum Gasteiger partial charge on any atom is -0.328 e. The smallest absolute Gasteiger partial charge is 0.265 e. The van der Waals surface area contributed by atoms with Crippen LogP contribution < -0.4 is 44.4 Å². The van der Waals surface area contributed by atoms with E-state index in [1.165, 1.54) is 0 Å². The Balaban J connectivity index is 1.94. The van der Waals surface area contributed by atoms with Crippen molar-refractivity contribution >= 4 is 94.9 Å². The first kappa shape index (κ1) is 32.2. The van der Waals surface area contributed by atoms with Gasteiger partial charge in [0.2, 0.25) is 0 Å². The highest BCUT2D eigenvalue weighted by Crippen LogP contribution is 2.52. The Morgan fingerprint density at radius 3 is 1.49 bits per heavy atom. The van der Waals surface area contributed by atoms with Gasteiger partial charge in [0.15, 0.2) is 0 Å². The lowest BCUT2D eigenvalue weighted by molar-refractivity contribution is 0.456. The molecular weight excluding hydrogens is 673 g/mol. The van der Waals surface area contributed by atoms with Crippen molar-refractivity contribution in [2.75, 3.05) is 7.05 Å². The summed E-state index contributed by atoms with van der Waals surface area (Å²) in [4.78, 5) is 3.95. The van der Waals surface area contributed by atoms with Crippen molar-refractivity contribution < 1.29 is 0 Å². The summed E-state index contributed by atoms with van der Waals surface area (Å²) in [5.74, 6) is 0. The first-order chi connectivity index (χ1) is 17.3. The summed E-state index contributed by atoms with van der Waals surface area (Å²) in [6.07, 6.45) is 0. The average molecular weight is 730 g/mol. The molecule has 5 aliphatic heterocycles. The Hall–Kier alpha value is 1.83. The van der Waals surface area contributed by atoms with Gasteiger partial charge in [-0.3, -0.25) is 11.7 Å². The minimum absolute atomic E-state index is 1.28. The molecule has 39 heavy (non-hydrogen) atoms. The van der Waals surface area contributed by atoms with E-state index in [-0.39, 0.29) is 0 Å². The summed E-state index contributed by atoms with van der Waals surface area (Å²) in [6, 6.07) is 0. The molecule has 5 saturated heterocycles. The van der Waals surface area contributed by atoms with Crippen LogP contribution in [0.1, 0.15) is 0 Å². The van der Waals surface area contributed by atoms with Crippen LogP contribution in [0.3, 0.4) is 0 Å². The molecule has 25 heteroatoms. The van der Waals surface area contributed by atoms with Crippen molar-refractivity contribution in [2.45, 2.75) is 85.1 Å². The number of hydrogen-bond donors (Lipinski definition) is 9. The Morgan fingerprint density at radius 1 is 0.564 bits per heavy atom. The van der Waals surface area contributed by atoms with E-state index in [2.05, 4.69) is 140 Å². The number of hydrogen-bond acceptors (Lipinski definition) is 14. The molecule has 9 atom stereocenters. The fraction of sp³-hybridized carbons (Fsp3) is 1.00. The van der Waals surface area contributed by atoms with Gasteiger partial charge in [-0.15, -0.1) is 0 Å². The van der Waals surface area contributed by atoms with E-state index in [0.717, 1.165) is 0 Å². The van der Waals surface area contributed by atoms with Crippen molar-refractivity contribution in [3.8, 4) is 0 Å². The lowest BCUT2D eigenvalue weighted by Gasteiger charge is -2.86. The van der Waals surface area contributed by atoms with Crippen LogP contribution >= 0.6 is 0 Å². The van der Waals surface area contributed by atoms with Crippen LogP contribution in [-0.4, -0.2) is 121 Å². The maximum atomic E-state index is 7.98. The summed E-state index contributed by atoms with van der Waals surface area (Å²) in [6.45, 7) is 32.5. The van der Waals surface area contributed by atoms with E-state index >= 15 is 0 Å². The molecule has 0 bridgehead atoms. The van der Waals surface area contributed by atoms with Gasteiger partial charge in [-0.1, -0.05) is 26.2 Å². The topological polar surface area (TPSA) is 166 Å². The first-order valence-corrected chi connectivity index (χ1v) is 42.0. The molecule has 14 nitrogen and oxygen atoms in total. The molecule has 0 aromatic rings. The minimum atomic E-state index is -2.66. The average Bonchev–Trinajstić information content (AvgIpc) is 2.59. The van der Waals surface area contributed by atoms with Crippen LogP contribution in [0.15, 0.2) is 0 Å². The molecule has 12 N–H and O–H groups in total. The van der Waals surface area contributed by atoms with E-state index in [1.54, 1.807) is 0 Å². The van der Waals surface area contributed by atoms with Gasteiger partial charge in [-0.2, -0.15) is 0 Å². The summed E-state index contributed by atoms with van der Waals surface area (Å²) in [5, 5.41) is 22.7. The van der Waals surface area contributed by atoms with E-state index in [1.807, 2.05) is 0 Å². The molecule has 0 saturated carbocycles. The van der Waals surface area contributed by atoms with E-state index in [4.69, 9.17) is 16.2 Å². The lowest BCUT2D eigenvalue weighted by Crippen LogP contribution is -3.22. The van der Waals surface area contributed by atoms with Crippen molar-refractivity contribution in [3.63, 3.8) is 0 Å². The third-order valence-electron chi connectivity index (χ3n) is 9.83. The standard InChI is InChI=1S/C14H56N14Si11/c1-18-34(9)22-37(12)23-36(11)20-31(6,15)19-35(10)21-32(7,16)26-33(8,17)24(29(2)3)38(13,25(34)30(4)5)28(37)39(26,14)27(35)36/h18-23,29-30H,15-17H2,1-14H3. The fourth-order valence-corrected chi connectivity index (χ4v) is 120. The van der Waals surface area contributed by atoms with Gasteiger partial charge in [-0.25, -0.2) is 0 Å². The largest absolute Gasteiger partial charge is 0.328 e. The monoisotopic (exact) mass is 728 g/mol. The van der Waals surface area contributed by atoms with Gasteiger partial charge >= 0.3 is 0 Å².